The van der Waals surface area contributed by atoms with Gasteiger partial charge in [-0.1, -0.05) is 58.1 Å². The molecule has 3 aromatic carbocycles. The van der Waals surface area contributed by atoms with Gasteiger partial charge >= 0.3 is 0 Å². The minimum Gasteiger partial charge on any atom is -0.497 e. The smallest absolute Gasteiger partial charge is 0.161 e. The van der Waals surface area contributed by atoms with E-state index in [2.05, 4.69) is 91.7 Å². The molecule has 5 nitrogen and oxygen atoms in total. The van der Waals surface area contributed by atoms with E-state index in [9.17, 15) is 0 Å². The zero-order valence-electron chi connectivity index (χ0n) is 24.6. The highest BCUT2D eigenvalue weighted by molar-refractivity contribution is 6.79. The molecule has 0 aliphatic heterocycles. The Labute approximate surface area is 238 Å². The lowest BCUT2D eigenvalue weighted by molar-refractivity contribution is 0.306. The van der Waals surface area contributed by atoms with Crippen molar-refractivity contribution in [2.75, 3.05) is 12.4 Å². The minimum absolute atomic E-state index is 0.218. The average Bonchev–Trinajstić information content (AvgIpc) is 3.28. The van der Waals surface area contributed by atoms with Crippen LogP contribution in [0.15, 0.2) is 91.3 Å². The first-order chi connectivity index (χ1) is 19.1. The summed E-state index contributed by atoms with van der Waals surface area (Å²) < 4.78 is 14.3. The molecule has 6 heteroatoms. The molecule has 1 N–H and O–H groups in total. The zero-order chi connectivity index (χ0) is 28.5. The topological polar surface area (TPSA) is 48.3 Å². The summed E-state index contributed by atoms with van der Waals surface area (Å²) in [6.45, 7) is 14.8. The lowest BCUT2D eigenvalue weighted by Crippen LogP contribution is -2.45. The number of nitrogens with one attached hydrogen (secondary N) is 1. The van der Waals surface area contributed by atoms with Gasteiger partial charge < -0.3 is 19.0 Å². The lowest BCUT2D eigenvalue weighted by Gasteiger charge is -2.39. The summed E-state index contributed by atoms with van der Waals surface area (Å²) in [5.74, 6) is 1.64. The highest BCUT2D eigenvalue weighted by Gasteiger charge is 2.39. The van der Waals surface area contributed by atoms with E-state index in [0.717, 1.165) is 34.0 Å². The van der Waals surface area contributed by atoms with Gasteiger partial charge in [-0.3, -0.25) is 4.98 Å². The molecule has 0 unspecified atom stereocenters. The maximum Gasteiger partial charge on any atom is 0.161 e. The van der Waals surface area contributed by atoms with E-state index in [4.69, 9.17) is 9.47 Å². The molecular weight excluding hydrogens is 510 g/mol. The first-order valence-corrected chi connectivity index (χ1v) is 16.7. The molecule has 0 aliphatic carbocycles. The first kappa shape index (κ1) is 27.5. The first-order valence-electron chi connectivity index (χ1n) is 13.8. The van der Waals surface area contributed by atoms with Crippen LogP contribution in [0.4, 0.5) is 11.4 Å². The standard InChI is InChI=1S/C34H39N3O2Si/c1-24-18-32-31(11-8-12-33(32)37(24)40(6,7)34(2,3)4)26-19-28(36-27-10-9-17-35-22-27)21-30(20-26)39-23-25-13-15-29(38-5)16-14-25/h8-22,36H,23H2,1-7H3. The van der Waals surface area contributed by atoms with E-state index in [1.54, 1.807) is 13.3 Å². The van der Waals surface area contributed by atoms with Crippen molar-refractivity contribution in [2.45, 2.75) is 52.4 Å². The number of ether oxygens (including phenoxy) is 2. The second-order valence-corrected chi connectivity index (χ2v) is 17.0. The second-order valence-electron chi connectivity index (χ2n) is 11.9. The van der Waals surface area contributed by atoms with Gasteiger partial charge in [0.15, 0.2) is 8.24 Å². The fourth-order valence-corrected chi connectivity index (χ4v) is 7.51. The summed E-state index contributed by atoms with van der Waals surface area (Å²) in [7, 11) is -0.151. The maximum absolute atomic E-state index is 6.35. The minimum atomic E-state index is -1.83. The van der Waals surface area contributed by atoms with E-state index < -0.39 is 8.24 Å². The number of pyridine rings is 1. The van der Waals surface area contributed by atoms with Crippen LogP contribution in [0.25, 0.3) is 22.0 Å². The van der Waals surface area contributed by atoms with Gasteiger partial charge in [0, 0.05) is 34.5 Å². The van der Waals surface area contributed by atoms with E-state index in [1.807, 2.05) is 48.7 Å². The van der Waals surface area contributed by atoms with Crippen molar-refractivity contribution >= 4 is 30.5 Å². The number of aromatic nitrogens is 2. The number of hydrogen-bond donors (Lipinski definition) is 1. The molecule has 40 heavy (non-hydrogen) atoms. The predicted molar refractivity (Wildman–Crippen MR) is 170 cm³/mol. The van der Waals surface area contributed by atoms with Gasteiger partial charge in [-0.2, -0.15) is 0 Å². The van der Waals surface area contributed by atoms with Crippen LogP contribution in [0.3, 0.4) is 0 Å². The van der Waals surface area contributed by atoms with Crippen molar-refractivity contribution in [3.8, 4) is 22.6 Å². The molecular formula is C34H39N3O2Si. The van der Waals surface area contributed by atoms with Gasteiger partial charge in [-0.25, -0.2) is 0 Å². The third-order valence-electron chi connectivity index (χ3n) is 8.16. The molecule has 0 aliphatic rings. The lowest BCUT2D eigenvalue weighted by atomic mass is 10.0. The summed E-state index contributed by atoms with van der Waals surface area (Å²) in [5, 5.41) is 5.01. The van der Waals surface area contributed by atoms with Crippen LogP contribution in [0.5, 0.6) is 11.5 Å². The normalized spacial score (nSPS) is 12.0. The number of rotatable bonds is 8. The van der Waals surface area contributed by atoms with Crippen LogP contribution in [0, 0.1) is 6.92 Å². The highest BCUT2D eigenvalue weighted by Crippen LogP contribution is 2.42. The van der Waals surface area contributed by atoms with Crippen LogP contribution >= 0.6 is 0 Å². The van der Waals surface area contributed by atoms with E-state index >= 15 is 0 Å². The molecule has 2 aromatic heterocycles. The van der Waals surface area contributed by atoms with Gasteiger partial charge in [0.2, 0.25) is 0 Å². The number of methoxy groups -OCH3 is 1. The molecule has 0 atom stereocenters. The Bertz CT molecular complexity index is 1620. The van der Waals surface area contributed by atoms with E-state index in [1.165, 1.54) is 22.2 Å². The van der Waals surface area contributed by atoms with Gasteiger partial charge in [-0.15, -0.1) is 0 Å². The summed E-state index contributed by atoms with van der Waals surface area (Å²) in [4.78, 5) is 4.27. The van der Waals surface area contributed by atoms with Gasteiger partial charge in [-0.05, 0) is 77.2 Å². The molecule has 0 radical (unpaired) electrons. The molecule has 0 saturated heterocycles. The quantitative estimate of drug-likeness (QED) is 0.196. The van der Waals surface area contributed by atoms with Crippen molar-refractivity contribution in [3.63, 3.8) is 0 Å². The molecule has 5 rings (SSSR count). The molecule has 206 valence electrons. The third kappa shape index (κ3) is 5.49. The van der Waals surface area contributed by atoms with Gasteiger partial charge in [0.25, 0.3) is 0 Å². The molecule has 0 spiro atoms. The molecule has 5 aromatic rings. The number of fused-ring (bicyclic) bond motifs is 1. The molecule has 0 saturated carbocycles. The van der Waals surface area contributed by atoms with Crippen LogP contribution in [0.1, 0.15) is 32.0 Å². The molecule has 0 bridgehead atoms. The molecule has 0 amide bonds. The molecule has 2 heterocycles. The second kappa shape index (κ2) is 10.9. The van der Waals surface area contributed by atoms with Crippen LogP contribution in [-0.4, -0.2) is 24.6 Å². The zero-order valence-corrected chi connectivity index (χ0v) is 25.6. The van der Waals surface area contributed by atoms with Gasteiger partial charge in [0.1, 0.15) is 18.1 Å². The Morgan fingerprint density at radius 2 is 1.65 bits per heavy atom. The highest BCUT2D eigenvalue weighted by atomic mass is 28.3. The number of anilines is 2. The van der Waals surface area contributed by atoms with Crippen molar-refractivity contribution in [2.24, 2.45) is 0 Å². The Morgan fingerprint density at radius 1 is 0.875 bits per heavy atom. The van der Waals surface area contributed by atoms with Crippen LogP contribution in [-0.2, 0) is 6.61 Å². The largest absolute Gasteiger partial charge is 0.497 e. The SMILES string of the molecule is COc1ccc(COc2cc(Nc3cccnc3)cc(-c3cccc4c3cc(C)n4[Si](C)(C)C(C)(C)C)c2)cc1. The summed E-state index contributed by atoms with van der Waals surface area (Å²) in [6.07, 6.45) is 3.61. The van der Waals surface area contributed by atoms with Crippen molar-refractivity contribution in [1.82, 2.24) is 9.22 Å². The Hall–Kier alpha value is -4.03. The van der Waals surface area contributed by atoms with E-state index in [-0.39, 0.29) is 5.04 Å². The number of hydrogen-bond acceptors (Lipinski definition) is 4. The summed E-state index contributed by atoms with van der Waals surface area (Å²) >= 11 is 0. The molecule has 0 fully saturated rings. The number of nitrogens with zero attached hydrogens (tertiary/aromatic N) is 2. The third-order valence-corrected chi connectivity index (χ3v) is 13.5. The van der Waals surface area contributed by atoms with Crippen molar-refractivity contribution in [3.05, 3.63) is 103 Å². The Morgan fingerprint density at radius 3 is 2.33 bits per heavy atom. The van der Waals surface area contributed by atoms with Gasteiger partial charge in [0.05, 0.1) is 19.0 Å². The fourth-order valence-electron chi connectivity index (χ4n) is 5.09. The Kier molecular flexibility index (Phi) is 7.47. The van der Waals surface area contributed by atoms with E-state index in [0.29, 0.717) is 6.61 Å². The van der Waals surface area contributed by atoms with Crippen LogP contribution in [0.2, 0.25) is 18.1 Å². The van der Waals surface area contributed by atoms with Crippen molar-refractivity contribution < 1.29 is 9.47 Å². The average molecular weight is 550 g/mol. The predicted octanol–water partition coefficient (Wildman–Crippen LogP) is 9.20. The summed E-state index contributed by atoms with van der Waals surface area (Å²) in [5.41, 5.74) is 7.88. The monoisotopic (exact) mass is 549 g/mol. The van der Waals surface area contributed by atoms with Crippen LogP contribution < -0.4 is 14.8 Å². The van der Waals surface area contributed by atoms with Crippen molar-refractivity contribution in [1.29, 1.82) is 0 Å². The maximum atomic E-state index is 6.35. The fraction of sp³-hybridized carbons (Fsp3) is 0.265. The number of benzene rings is 3. The summed E-state index contributed by atoms with van der Waals surface area (Å²) in [6, 6.07) is 27.3. The Balaban J connectivity index is 1.58. The number of aryl methyl sites for hydroxylation is 1.